The summed E-state index contributed by atoms with van der Waals surface area (Å²) in [6.45, 7) is 5.41. The second kappa shape index (κ2) is 14.8. The lowest BCUT2D eigenvalue weighted by Crippen LogP contribution is -2.47. The maximum Gasteiger partial charge on any atom is 0.303 e. The van der Waals surface area contributed by atoms with Crippen LogP contribution in [0.2, 0.25) is 0 Å². The third-order valence-corrected chi connectivity index (χ3v) is 6.30. The Morgan fingerprint density at radius 2 is 1.49 bits per heavy atom. The molecule has 6 atom stereocenters. The number of hydrogen-bond donors (Lipinski definition) is 1. The molecule has 1 heterocycles. The zero-order chi connectivity index (χ0) is 28.4. The van der Waals surface area contributed by atoms with Gasteiger partial charge in [0.05, 0.1) is 12.7 Å². The molecule has 0 bridgehead atoms. The normalized spacial score (nSPS) is 21.3. The minimum absolute atomic E-state index is 0.214. The van der Waals surface area contributed by atoms with Crippen molar-refractivity contribution in [3.05, 3.63) is 71.3 Å². The second-order valence-corrected chi connectivity index (χ2v) is 9.88. The highest BCUT2D eigenvalue weighted by molar-refractivity contribution is 5.67. The Hall–Kier alpha value is -3.27. The molecule has 0 aliphatic carbocycles. The summed E-state index contributed by atoms with van der Waals surface area (Å²) < 4.78 is 27.8. The fourth-order valence-corrected chi connectivity index (χ4v) is 4.68. The number of carbonyl (C=O) groups excluding carboxylic acids is 3. The molecule has 2 aromatic carbocycles. The van der Waals surface area contributed by atoms with Crippen LogP contribution in [0.4, 0.5) is 0 Å². The summed E-state index contributed by atoms with van der Waals surface area (Å²) in [7, 11) is 0. The van der Waals surface area contributed by atoms with Crippen LogP contribution in [0.15, 0.2) is 54.6 Å². The first-order chi connectivity index (χ1) is 18.6. The summed E-state index contributed by atoms with van der Waals surface area (Å²) in [5, 5.41) is 11.0. The molecule has 6 unspecified atom stereocenters. The molecule has 1 aliphatic heterocycles. The first kappa shape index (κ1) is 30.3. The summed E-state index contributed by atoms with van der Waals surface area (Å²) in [6, 6.07) is 17.9. The number of esters is 3. The standard InChI is InChI=1S/C30H38O9/c1-19-14-26(37-20(2)31)17-29(36-19)35-18-27(34)30(39-22(4)33)28(38-21(3)32)16-25-12-10-24(11-13-25)15-23-8-6-5-7-9-23/h5-13,19,26-30,34H,14-18H2,1-4H3. The number of aliphatic hydroxyl groups is 1. The Kier molecular flexibility index (Phi) is 11.5. The zero-order valence-corrected chi connectivity index (χ0v) is 22.9. The number of carbonyl (C=O) groups is 3. The number of ether oxygens (including phenoxy) is 5. The van der Waals surface area contributed by atoms with E-state index in [9.17, 15) is 19.5 Å². The largest absolute Gasteiger partial charge is 0.462 e. The molecule has 1 fully saturated rings. The molecule has 1 aliphatic rings. The van der Waals surface area contributed by atoms with Crippen molar-refractivity contribution in [2.75, 3.05) is 6.61 Å². The number of aliphatic hydroxyl groups excluding tert-OH is 1. The lowest BCUT2D eigenvalue weighted by Gasteiger charge is -2.34. The van der Waals surface area contributed by atoms with Crippen molar-refractivity contribution in [1.82, 2.24) is 0 Å². The fraction of sp³-hybridized carbons (Fsp3) is 0.500. The molecule has 0 saturated carbocycles. The Morgan fingerprint density at radius 3 is 2.10 bits per heavy atom. The molecule has 9 heteroatoms. The van der Waals surface area contributed by atoms with Gasteiger partial charge in [-0.15, -0.1) is 0 Å². The molecular formula is C30H38O9. The molecule has 9 nitrogen and oxygen atoms in total. The van der Waals surface area contributed by atoms with Crippen LogP contribution in [0.25, 0.3) is 0 Å². The first-order valence-electron chi connectivity index (χ1n) is 13.2. The van der Waals surface area contributed by atoms with Gasteiger partial charge in [0.1, 0.15) is 18.3 Å². The van der Waals surface area contributed by atoms with Crippen molar-refractivity contribution in [2.45, 2.75) is 90.2 Å². The molecule has 0 amide bonds. The van der Waals surface area contributed by atoms with Gasteiger partial charge in [-0.3, -0.25) is 14.4 Å². The van der Waals surface area contributed by atoms with E-state index in [4.69, 9.17) is 23.7 Å². The molecule has 3 rings (SSSR count). The third-order valence-electron chi connectivity index (χ3n) is 6.30. The van der Waals surface area contributed by atoms with Gasteiger partial charge in [-0.25, -0.2) is 0 Å². The highest BCUT2D eigenvalue weighted by Gasteiger charge is 2.36. The Morgan fingerprint density at radius 1 is 0.872 bits per heavy atom. The maximum absolute atomic E-state index is 11.9. The van der Waals surface area contributed by atoms with Crippen LogP contribution in [0.5, 0.6) is 0 Å². The van der Waals surface area contributed by atoms with Crippen LogP contribution < -0.4 is 0 Å². The number of benzene rings is 2. The lowest BCUT2D eigenvalue weighted by atomic mass is 9.97. The van der Waals surface area contributed by atoms with Crippen molar-refractivity contribution in [3.63, 3.8) is 0 Å². The number of hydrogen-bond acceptors (Lipinski definition) is 9. The van der Waals surface area contributed by atoms with Gasteiger partial charge in [0.25, 0.3) is 0 Å². The Bertz CT molecular complexity index is 1070. The summed E-state index contributed by atoms with van der Waals surface area (Å²) in [5.74, 6) is -1.59. The molecule has 0 spiro atoms. The highest BCUT2D eigenvalue weighted by Crippen LogP contribution is 2.24. The van der Waals surface area contributed by atoms with E-state index in [0.717, 1.165) is 17.5 Å². The summed E-state index contributed by atoms with van der Waals surface area (Å²) in [6.07, 6.45) is -2.92. The number of rotatable bonds is 12. The van der Waals surface area contributed by atoms with Gasteiger partial charge in [-0.2, -0.15) is 0 Å². The van der Waals surface area contributed by atoms with Gasteiger partial charge in [0.2, 0.25) is 0 Å². The van der Waals surface area contributed by atoms with Gasteiger partial charge in [-0.05, 0) is 30.0 Å². The van der Waals surface area contributed by atoms with E-state index < -0.39 is 36.5 Å². The van der Waals surface area contributed by atoms with Crippen molar-refractivity contribution >= 4 is 17.9 Å². The van der Waals surface area contributed by atoms with Crippen LogP contribution in [0.1, 0.15) is 57.2 Å². The van der Waals surface area contributed by atoms with Crippen molar-refractivity contribution in [3.8, 4) is 0 Å². The average molecular weight is 543 g/mol. The smallest absolute Gasteiger partial charge is 0.303 e. The molecule has 0 radical (unpaired) electrons. The monoisotopic (exact) mass is 542 g/mol. The van der Waals surface area contributed by atoms with Gasteiger partial charge in [0.15, 0.2) is 12.4 Å². The lowest BCUT2D eigenvalue weighted by molar-refractivity contribution is -0.232. The predicted octanol–water partition coefficient (Wildman–Crippen LogP) is 3.52. The third kappa shape index (κ3) is 10.4. The summed E-state index contributed by atoms with van der Waals surface area (Å²) in [5.41, 5.74) is 3.15. The summed E-state index contributed by atoms with van der Waals surface area (Å²) in [4.78, 5) is 35.2. The molecule has 0 aromatic heterocycles. The minimum Gasteiger partial charge on any atom is -0.462 e. The molecule has 1 saturated heterocycles. The van der Waals surface area contributed by atoms with E-state index in [-0.39, 0.29) is 31.2 Å². The molecule has 1 N–H and O–H groups in total. The maximum atomic E-state index is 11.9. The van der Waals surface area contributed by atoms with Crippen molar-refractivity contribution in [2.24, 2.45) is 0 Å². The SMILES string of the molecule is CC(=O)OC1CC(C)OC(OCC(O)C(OC(C)=O)C(Cc2ccc(Cc3ccccc3)cc2)OC(C)=O)C1. The minimum atomic E-state index is -1.32. The van der Waals surface area contributed by atoms with Crippen LogP contribution in [0, 0.1) is 0 Å². The average Bonchev–Trinajstić information content (AvgIpc) is 2.86. The first-order valence-corrected chi connectivity index (χ1v) is 13.2. The van der Waals surface area contributed by atoms with Crippen LogP contribution in [-0.4, -0.2) is 66.4 Å². The van der Waals surface area contributed by atoms with Crippen molar-refractivity contribution in [1.29, 1.82) is 0 Å². The van der Waals surface area contributed by atoms with Crippen molar-refractivity contribution < 1.29 is 43.2 Å². The van der Waals surface area contributed by atoms with E-state index >= 15 is 0 Å². The molecule has 2 aromatic rings. The van der Waals surface area contributed by atoms with Gasteiger partial charge >= 0.3 is 17.9 Å². The summed E-state index contributed by atoms with van der Waals surface area (Å²) >= 11 is 0. The van der Waals surface area contributed by atoms with Crippen LogP contribution >= 0.6 is 0 Å². The molecular weight excluding hydrogens is 504 g/mol. The topological polar surface area (TPSA) is 118 Å². The van der Waals surface area contributed by atoms with Gasteiger partial charge < -0.3 is 28.8 Å². The second-order valence-electron chi connectivity index (χ2n) is 9.88. The van der Waals surface area contributed by atoms with E-state index in [1.807, 2.05) is 49.4 Å². The van der Waals surface area contributed by atoms with E-state index in [0.29, 0.717) is 12.8 Å². The van der Waals surface area contributed by atoms with E-state index in [2.05, 4.69) is 12.1 Å². The van der Waals surface area contributed by atoms with Gasteiger partial charge in [-0.1, -0.05) is 54.6 Å². The highest BCUT2D eigenvalue weighted by atomic mass is 16.7. The zero-order valence-electron chi connectivity index (χ0n) is 22.9. The fourth-order valence-electron chi connectivity index (χ4n) is 4.68. The quantitative estimate of drug-likeness (QED) is 0.318. The van der Waals surface area contributed by atoms with Crippen LogP contribution in [0.3, 0.4) is 0 Å². The Labute approximate surface area is 229 Å². The molecule has 39 heavy (non-hydrogen) atoms. The van der Waals surface area contributed by atoms with E-state index in [1.165, 1.54) is 26.3 Å². The molecule has 212 valence electrons. The van der Waals surface area contributed by atoms with E-state index in [1.54, 1.807) is 0 Å². The van der Waals surface area contributed by atoms with Crippen LogP contribution in [-0.2, 0) is 50.9 Å². The van der Waals surface area contributed by atoms with Gasteiger partial charge in [0, 0.05) is 40.0 Å². The predicted molar refractivity (Wildman–Crippen MR) is 142 cm³/mol. The Balaban J connectivity index is 1.67.